The van der Waals surface area contributed by atoms with E-state index in [-0.39, 0.29) is 12.1 Å². The van der Waals surface area contributed by atoms with Gasteiger partial charge in [-0.15, -0.1) is 5.92 Å². The second kappa shape index (κ2) is 13.4. The van der Waals surface area contributed by atoms with Crippen LogP contribution in [0.5, 0.6) is 0 Å². The van der Waals surface area contributed by atoms with Crippen molar-refractivity contribution in [1.82, 2.24) is 4.90 Å². The summed E-state index contributed by atoms with van der Waals surface area (Å²) in [6.07, 6.45) is 10.6. The fourth-order valence-corrected chi connectivity index (χ4v) is 5.64. The summed E-state index contributed by atoms with van der Waals surface area (Å²) in [5.74, 6) is 7.18. The number of nitrogens with zero attached hydrogens (tertiary/aromatic N) is 1. The van der Waals surface area contributed by atoms with E-state index in [1.807, 2.05) is 36.4 Å². The molecule has 1 aliphatic rings. The average molecular weight is 480 g/mol. The van der Waals surface area contributed by atoms with Crippen LogP contribution in [0.4, 0.5) is 0 Å². The highest BCUT2D eigenvalue weighted by atomic mass is 16.3. The van der Waals surface area contributed by atoms with Gasteiger partial charge in [0.15, 0.2) is 0 Å². The summed E-state index contributed by atoms with van der Waals surface area (Å²) in [7, 11) is 0. The van der Waals surface area contributed by atoms with E-state index in [9.17, 15) is 5.11 Å². The van der Waals surface area contributed by atoms with Crippen LogP contribution < -0.4 is 0 Å². The second-order valence-corrected chi connectivity index (χ2v) is 10.0. The molecule has 4 rings (SSSR count). The van der Waals surface area contributed by atoms with E-state index >= 15 is 0 Å². The summed E-state index contributed by atoms with van der Waals surface area (Å²) in [5.41, 5.74) is 2.00. The maximum atomic E-state index is 12.5. The number of aliphatic hydroxyl groups is 1. The molecule has 0 aliphatic carbocycles. The largest absolute Gasteiger partial charge is 0.379 e. The quantitative estimate of drug-likeness (QED) is 0.223. The summed E-state index contributed by atoms with van der Waals surface area (Å²) in [6.45, 7) is 3.19. The molecule has 0 amide bonds. The lowest BCUT2D eigenvalue weighted by atomic mass is 9.78. The Balaban J connectivity index is 1.62. The Morgan fingerprint density at radius 1 is 0.806 bits per heavy atom. The zero-order valence-electron chi connectivity index (χ0n) is 21.8. The molecule has 0 aromatic heterocycles. The van der Waals surface area contributed by atoms with Gasteiger partial charge < -0.3 is 5.11 Å². The molecule has 1 N–H and O–H groups in total. The van der Waals surface area contributed by atoms with Crippen LogP contribution >= 0.6 is 0 Å². The van der Waals surface area contributed by atoms with Crippen LogP contribution in [0.1, 0.15) is 87.4 Å². The van der Waals surface area contributed by atoms with Gasteiger partial charge in [-0.3, -0.25) is 4.90 Å². The fourth-order valence-electron chi connectivity index (χ4n) is 5.64. The fraction of sp³-hybridized carbons (Fsp3) is 0.412. The Morgan fingerprint density at radius 2 is 1.36 bits per heavy atom. The van der Waals surface area contributed by atoms with E-state index in [1.54, 1.807) is 0 Å². The van der Waals surface area contributed by atoms with E-state index in [0.717, 1.165) is 36.9 Å². The molecule has 0 unspecified atom stereocenters. The lowest BCUT2D eigenvalue weighted by Crippen LogP contribution is -2.49. The summed E-state index contributed by atoms with van der Waals surface area (Å²) >= 11 is 0. The first-order valence-electron chi connectivity index (χ1n) is 13.9. The van der Waals surface area contributed by atoms with Crippen molar-refractivity contribution in [2.45, 2.75) is 82.4 Å². The Morgan fingerprint density at radius 3 is 1.97 bits per heavy atom. The highest BCUT2D eigenvalue weighted by Crippen LogP contribution is 2.43. The van der Waals surface area contributed by atoms with Gasteiger partial charge >= 0.3 is 0 Å². The van der Waals surface area contributed by atoms with Gasteiger partial charge in [0.2, 0.25) is 0 Å². The smallest absolute Gasteiger partial charge is 0.130 e. The molecule has 0 radical (unpaired) electrons. The summed E-state index contributed by atoms with van der Waals surface area (Å²) in [6, 6.07) is 30.9. The van der Waals surface area contributed by atoms with E-state index < -0.39 is 5.60 Å². The predicted octanol–water partition coefficient (Wildman–Crippen LogP) is 7.88. The minimum absolute atomic E-state index is 0.0299. The zero-order chi connectivity index (χ0) is 25.1. The highest BCUT2D eigenvalue weighted by Gasteiger charge is 2.47. The molecule has 0 spiro atoms. The molecule has 36 heavy (non-hydrogen) atoms. The first-order valence-corrected chi connectivity index (χ1v) is 13.9. The molecular weight excluding hydrogens is 438 g/mol. The third-order valence-corrected chi connectivity index (χ3v) is 7.55. The highest BCUT2D eigenvalue weighted by molar-refractivity contribution is 5.39. The Bertz CT molecular complexity index is 1040. The van der Waals surface area contributed by atoms with Gasteiger partial charge in [-0.2, -0.15) is 0 Å². The topological polar surface area (TPSA) is 23.5 Å². The summed E-state index contributed by atoms with van der Waals surface area (Å²) in [5, 5.41) is 12.5. The van der Waals surface area contributed by atoms with Crippen LogP contribution in [0.25, 0.3) is 0 Å². The van der Waals surface area contributed by atoms with Crippen molar-refractivity contribution in [2.24, 2.45) is 0 Å². The van der Waals surface area contributed by atoms with Crippen molar-refractivity contribution >= 4 is 0 Å². The van der Waals surface area contributed by atoms with Gasteiger partial charge in [0.1, 0.15) is 5.60 Å². The Labute approximate surface area is 218 Å². The monoisotopic (exact) mass is 479 g/mol. The van der Waals surface area contributed by atoms with Crippen molar-refractivity contribution in [2.75, 3.05) is 6.54 Å². The van der Waals surface area contributed by atoms with Gasteiger partial charge in [-0.25, -0.2) is 0 Å². The number of rotatable bonds is 11. The molecule has 3 aromatic rings. The number of hydrogen-bond donors (Lipinski definition) is 1. The number of unbranched alkanes of at least 4 members (excludes halogenated alkanes) is 6. The van der Waals surface area contributed by atoms with Crippen molar-refractivity contribution in [3.05, 3.63) is 108 Å². The summed E-state index contributed by atoms with van der Waals surface area (Å²) < 4.78 is 0. The molecule has 1 aliphatic heterocycles. The number of hydrogen-bond acceptors (Lipinski definition) is 2. The van der Waals surface area contributed by atoms with Crippen molar-refractivity contribution in [3.63, 3.8) is 0 Å². The Kier molecular flexibility index (Phi) is 9.79. The predicted molar refractivity (Wildman–Crippen MR) is 151 cm³/mol. The third kappa shape index (κ3) is 6.28. The van der Waals surface area contributed by atoms with Crippen LogP contribution in [0.3, 0.4) is 0 Å². The first kappa shape index (κ1) is 26.2. The van der Waals surface area contributed by atoms with Gasteiger partial charge in [-0.05, 0) is 36.0 Å². The lowest BCUT2D eigenvalue weighted by molar-refractivity contribution is -0.0116. The molecule has 188 valence electrons. The number of likely N-dealkylation sites (tertiary alicyclic amines) is 1. The van der Waals surface area contributed by atoms with Crippen LogP contribution in [0, 0.1) is 11.8 Å². The molecule has 1 heterocycles. The minimum Gasteiger partial charge on any atom is -0.379 e. The Hall–Kier alpha value is -2.86. The molecule has 2 atom stereocenters. The maximum absolute atomic E-state index is 12.5. The normalized spacial score (nSPS) is 16.9. The van der Waals surface area contributed by atoms with Gasteiger partial charge in [0, 0.05) is 19.0 Å². The van der Waals surface area contributed by atoms with Gasteiger partial charge in [-0.1, -0.05) is 136 Å². The van der Waals surface area contributed by atoms with Crippen molar-refractivity contribution in [3.8, 4) is 11.8 Å². The average Bonchev–Trinajstić information content (AvgIpc) is 3.43. The van der Waals surface area contributed by atoms with Crippen LogP contribution in [0.15, 0.2) is 91.0 Å². The van der Waals surface area contributed by atoms with Gasteiger partial charge in [0.25, 0.3) is 0 Å². The third-order valence-electron chi connectivity index (χ3n) is 7.55. The van der Waals surface area contributed by atoms with E-state index in [2.05, 4.69) is 78.3 Å². The molecular formula is C34H41NO. The zero-order valence-corrected chi connectivity index (χ0v) is 21.8. The van der Waals surface area contributed by atoms with Gasteiger partial charge in [0.05, 0.1) is 6.04 Å². The molecule has 2 heteroatoms. The molecule has 3 aromatic carbocycles. The van der Waals surface area contributed by atoms with Crippen molar-refractivity contribution in [1.29, 1.82) is 0 Å². The van der Waals surface area contributed by atoms with E-state index in [1.165, 1.54) is 44.1 Å². The minimum atomic E-state index is -1.10. The standard InChI is InChI=1S/C34H41NO/c1-2-3-4-5-6-7-8-18-26-32(29-20-12-9-13-21-29)35-28-19-27-33(35)34(36,30-22-14-10-15-23-30)31-24-16-11-17-25-31/h9-17,20-25,32-33,36H,2-8,19,27-28H2,1H3/t32-,33+/m1/s1. The molecule has 0 bridgehead atoms. The van der Waals surface area contributed by atoms with Crippen molar-refractivity contribution < 1.29 is 5.11 Å². The molecule has 2 nitrogen and oxygen atoms in total. The molecule has 0 saturated carbocycles. The first-order chi connectivity index (χ1) is 17.7. The maximum Gasteiger partial charge on any atom is 0.130 e. The van der Waals surface area contributed by atoms with Crippen LogP contribution in [-0.2, 0) is 5.60 Å². The second-order valence-electron chi connectivity index (χ2n) is 10.0. The molecule has 1 saturated heterocycles. The van der Waals surface area contributed by atoms with Crippen LogP contribution in [-0.4, -0.2) is 22.6 Å². The van der Waals surface area contributed by atoms with Crippen LogP contribution in [0.2, 0.25) is 0 Å². The number of benzene rings is 3. The molecule has 1 fully saturated rings. The van der Waals surface area contributed by atoms with E-state index in [0.29, 0.717) is 0 Å². The SMILES string of the molecule is CCCCCCCCC#C[C@H](c1ccccc1)N1CCC[C@H]1C(O)(c1ccccc1)c1ccccc1. The lowest BCUT2D eigenvalue weighted by Gasteiger charge is -2.42. The van der Waals surface area contributed by atoms with E-state index in [4.69, 9.17) is 0 Å². The summed E-state index contributed by atoms with van der Waals surface area (Å²) in [4.78, 5) is 2.46.